The standard InChI is InChI=1S/C6H3BClF3O2/c8-5-2(9)1-3(10)6(11)4(5)7(12)13/h1,12-13H. The molecule has 70 valence electrons. The van der Waals surface area contributed by atoms with Crippen molar-refractivity contribution in [3.63, 3.8) is 0 Å². The molecule has 7 heteroatoms. The highest BCUT2D eigenvalue weighted by Gasteiger charge is 2.26. The van der Waals surface area contributed by atoms with Crippen molar-refractivity contribution in [2.45, 2.75) is 0 Å². The molecule has 0 aliphatic rings. The summed E-state index contributed by atoms with van der Waals surface area (Å²) in [7, 11) is -2.35. The quantitative estimate of drug-likeness (QED) is 0.521. The van der Waals surface area contributed by atoms with Gasteiger partial charge in [0.05, 0.1) is 5.02 Å². The van der Waals surface area contributed by atoms with E-state index in [1.807, 2.05) is 0 Å². The van der Waals surface area contributed by atoms with E-state index in [-0.39, 0.29) is 6.07 Å². The van der Waals surface area contributed by atoms with Crippen LogP contribution >= 0.6 is 11.6 Å². The second kappa shape index (κ2) is 3.57. The van der Waals surface area contributed by atoms with E-state index in [1.165, 1.54) is 0 Å². The molecule has 0 heterocycles. The molecule has 0 fully saturated rings. The van der Waals surface area contributed by atoms with Crippen molar-refractivity contribution in [3.05, 3.63) is 28.5 Å². The Kier molecular flexibility index (Phi) is 2.85. The molecule has 0 bridgehead atoms. The first-order valence-electron chi connectivity index (χ1n) is 3.14. The summed E-state index contributed by atoms with van der Waals surface area (Å²) in [6.45, 7) is 0. The molecular weight excluding hydrogens is 207 g/mol. The highest BCUT2D eigenvalue weighted by Crippen LogP contribution is 2.16. The summed E-state index contributed by atoms with van der Waals surface area (Å²) in [6.07, 6.45) is 0. The van der Waals surface area contributed by atoms with E-state index < -0.39 is 35.1 Å². The minimum atomic E-state index is -2.35. The summed E-state index contributed by atoms with van der Waals surface area (Å²) >= 11 is 5.16. The van der Waals surface area contributed by atoms with Crippen LogP contribution in [0.1, 0.15) is 0 Å². The summed E-state index contributed by atoms with van der Waals surface area (Å²) in [5.74, 6) is -4.34. The predicted molar refractivity (Wildman–Crippen MR) is 41.2 cm³/mol. The first kappa shape index (κ1) is 10.4. The van der Waals surface area contributed by atoms with Gasteiger partial charge >= 0.3 is 7.12 Å². The molecule has 0 aliphatic heterocycles. The van der Waals surface area contributed by atoms with Crippen LogP contribution in [0, 0.1) is 17.5 Å². The van der Waals surface area contributed by atoms with Gasteiger partial charge in [-0.25, -0.2) is 13.2 Å². The highest BCUT2D eigenvalue weighted by atomic mass is 35.5. The van der Waals surface area contributed by atoms with Gasteiger partial charge in [-0.1, -0.05) is 11.6 Å². The lowest BCUT2D eigenvalue weighted by Crippen LogP contribution is -2.35. The van der Waals surface area contributed by atoms with Gasteiger partial charge in [0.25, 0.3) is 0 Å². The van der Waals surface area contributed by atoms with Gasteiger partial charge in [-0.2, -0.15) is 0 Å². The summed E-state index contributed by atoms with van der Waals surface area (Å²) in [6, 6.07) is 0.226. The van der Waals surface area contributed by atoms with Gasteiger partial charge in [0.1, 0.15) is 5.82 Å². The maximum Gasteiger partial charge on any atom is 0.493 e. The van der Waals surface area contributed by atoms with Crippen molar-refractivity contribution < 1.29 is 23.2 Å². The van der Waals surface area contributed by atoms with E-state index in [0.717, 1.165) is 0 Å². The molecule has 1 rings (SSSR count). The first-order chi connectivity index (χ1) is 5.95. The lowest BCUT2D eigenvalue weighted by molar-refractivity contribution is 0.418. The predicted octanol–water partition coefficient (Wildman–Crippen LogP) is 0.437. The van der Waals surface area contributed by atoms with Gasteiger partial charge in [0.2, 0.25) is 0 Å². The third-order valence-corrected chi connectivity index (χ3v) is 1.79. The lowest BCUT2D eigenvalue weighted by Gasteiger charge is -2.05. The van der Waals surface area contributed by atoms with Gasteiger partial charge in [-0.05, 0) is 0 Å². The molecule has 1 aromatic carbocycles. The Morgan fingerprint density at radius 1 is 1.15 bits per heavy atom. The van der Waals surface area contributed by atoms with Gasteiger partial charge in [0, 0.05) is 11.5 Å². The van der Waals surface area contributed by atoms with Crippen LogP contribution in [-0.2, 0) is 0 Å². The van der Waals surface area contributed by atoms with E-state index in [4.69, 9.17) is 21.6 Å². The highest BCUT2D eigenvalue weighted by molar-refractivity contribution is 6.62. The summed E-state index contributed by atoms with van der Waals surface area (Å²) in [4.78, 5) is 0. The summed E-state index contributed by atoms with van der Waals surface area (Å²) in [5, 5.41) is 16.2. The van der Waals surface area contributed by atoms with Crippen LogP contribution in [0.15, 0.2) is 6.07 Å². The lowest BCUT2D eigenvalue weighted by atomic mass is 9.79. The van der Waals surface area contributed by atoms with Gasteiger partial charge < -0.3 is 10.0 Å². The van der Waals surface area contributed by atoms with Crippen molar-refractivity contribution in [1.82, 2.24) is 0 Å². The fourth-order valence-electron chi connectivity index (χ4n) is 0.818. The number of hydrogen-bond donors (Lipinski definition) is 2. The molecule has 0 atom stereocenters. The molecule has 13 heavy (non-hydrogen) atoms. The van der Waals surface area contributed by atoms with E-state index in [9.17, 15) is 13.2 Å². The maximum atomic E-state index is 12.7. The maximum absolute atomic E-state index is 12.7. The van der Waals surface area contributed by atoms with E-state index in [2.05, 4.69) is 0 Å². The third kappa shape index (κ3) is 1.79. The van der Waals surface area contributed by atoms with E-state index >= 15 is 0 Å². The zero-order chi connectivity index (χ0) is 10.2. The van der Waals surface area contributed by atoms with Crippen LogP contribution in [0.3, 0.4) is 0 Å². The molecule has 0 amide bonds. The molecular formula is C6H3BClF3O2. The van der Waals surface area contributed by atoms with Crippen LogP contribution < -0.4 is 5.46 Å². The Morgan fingerprint density at radius 3 is 2.15 bits per heavy atom. The molecule has 0 saturated carbocycles. The van der Waals surface area contributed by atoms with Crippen LogP contribution in [0.5, 0.6) is 0 Å². The van der Waals surface area contributed by atoms with Crippen LogP contribution in [0.2, 0.25) is 5.02 Å². The van der Waals surface area contributed by atoms with E-state index in [1.54, 1.807) is 0 Å². The van der Waals surface area contributed by atoms with E-state index in [0.29, 0.717) is 0 Å². The average Bonchev–Trinajstić information content (AvgIpc) is 2.01. The molecule has 0 aliphatic carbocycles. The van der Waals surface area contributed by atoms with Crippen molar-refractivity contribution in [3.8, 4) is 0 Å². The number of halogens is 4. The van der Waals surface area contributed by atoms with Gasteiger partial charge in [-0.3, -0.25) is 0 Å². The monoisotopic (exact) mass is 210 g/mol. The molecule has 2 nitrogen and oxygen atoms in total. The Hall–Kier alpha value is -0.715. The molecule has 0 radical (unpaired) electrons. The molecule has 0 aromatic heterocycles. The van der Waals surface area contributed by atoms with Crippen LogP contribution in [0.25, 0.3) is 0 Å². The largest absolute Gasteiger partial charge is 0.493 e. The van der Waals surface area contributed by atoms with Crippen molar-refractivity contribution in [1.29, 1.82) is 0 Å². The average molecular weight is 210 g/mol. The summed E-state index contributed by atoms with van der Waals surface area (Å²) < 4.78 is 37.9. The fourth-order valence-corrected chi connectivity index (χ4v) is 1.05. The summed E-state index contributed by atoms with van der Waals surface area (Å²) in [5.41, 5.74) is -1.00. The normalized spacial score (nSPS) is 10.3. The number of rotatable bonds is 1. The van der Waals surface area contributed by atoms with Gasteiger partial charge in [-0.15, -0.1) is 0 Å². The van der Waals surface area contributed by atoms with Crippen molar-refractivity contribution in [2.24, 2.45) is 0 Å². The Bertz CT molecular complexity index is 319. The van der Waals surface area contributed by atoms with Crippen molar-refractivity contribution in [2.75, 3.05) is 0 Å². The van der Waals surface area contributed by atoms with Crippen LogP contribution in [-0.4, -0.2) is 17.2 Å². The molecule has 0 spiro atoms. The zero-order valence-electron chi connectivity index (χ0n) is 6.06. The third-order valence-electron chi connectivity index (χ3n) is 1.40. The number of benzene rings is 1. The fraction of sp³-hybridized carbons (Fsp3) is 0. The molecule has 0 unspecified atom stereocenters. The molecule has 1 aromatic rings. The Balaban J connectivity index is 3.46. The number of hydrogen-bond acceptors (Lipinski definition) is 2. The molecule has 0 saturated heterocycles. The Morgan fingerprint density at radius 2 is 1.69 bits per heavy atom. The molecule has 2 N–H and O–H groups in total. The first-order valence-corrected chi connectivity index (χ1v) is 3.52. The smallest absolute Gasteiger partial charge is 0.423 e. The van der Waals surface area contributed by atoms with Crippen LogP contribution in [0.4, 0.5) is 13.2 Å². The second-order valence-corrected chi connectivity index (χ2v) is 2.63. The SMILES string of the molecule is OB(O)c1c(F)c(F)cc(F)c1Cl. The Labute approximate surface area is 76.7 Å². The van der Waals surface area contributed by atoms with Gasteiger partial charge in [0.15, 0.2) is 11.6 Å². The minimum Gasteiger partial charge on any atom is -0.423 e. The topological polar surface area (TPSA) is 40.5 Å². The second-order valence-electron chi connectivity index (χ2n) is 2.26. The van der Waals surface area contributed by atoms with Crippen molar-refractivity contribution >= 4 is 24.2 Å². The minimum absolute atomic E-state index is 0.226. The zero-order valence-corrected chi connectivity index (χ0v) is 6.82.